The van der Waals surface area contributed by atoms with Crippen molar-refractivity contribution in [3.63, 3.8) is 0 Å². The predicted molar refractivity (Wildman–Crippen MR) is 133 cm³/mol. The Labute approximate surface area is 200 Å². The van der Waals surface area contributed by atoms with Crippen LogP contribution in [0.3, 0.4) is 0 Å². The zero-order valence-electron chi connectivity index (χ0n) is 18.8. The summed E-state index contributed by atoms with van der Waals surface area (Å²) in [6, 6.07) is 20.7. The van der Waals surface area contributed by atoms with Crippen molar-refractivity contribution in [2.24, 2.45) is 0 Å². The molecule has 0 saturated heterocycles. The minimum Gasteiger partial charge on any atom is -0.497 e. The van der Waals surface area contributed by atoms with E-state index in [0.717, 1.165) is 57.0 Å². The van der Waals surface area contributed by atoms with E-state index in [1.165, 1.54) is 12.2 Å². The Morgan fingerprint density at radius 1 is 1.00 bits per heavy atom. The number of carbonyl (C=O) groups is 1. The van der Waals surface area contributed by atoms with Crippen LogP contribution >= 0.6 is 0 Å². The molecule has 0 radical (unpaired) electrons. The van der Waals surface area contributed by atoms with Gasteiger partial charge >= 0.3 is 0 Å². The molecule has 174 valence electrons. The van der Waals surface area contributed by atoms with Gasteiger partial charge in [-0.25, -0.2) is 13.8 Å². The van der Waals surface area contributed by atoms with Crippen molar-refractivity contribution in [3.8, 4) is 17.0 Å². The monoisotopic (exact) mass is 469 g/mol. The van der Waals surface area contributed by atoms with Crippen LogP contribution in [-0.4, -0.2) is 23.0 Å². The first-order valence-corrected chi connectivity index (χ1v) is 11.0. The Kier molecular flexibility index (Phi) is 5.97. The lowest BCUT2D eigenvalue weighted by Crippen LogP contribution is -2.21. The van der Waals surface area contributed by atoms with Gasteiger partial charge in [0.05, 0.1) is 30.6 Å². The first-order valence-electron chi connectivity index (χ1n) is 11.0. The third kappa shape index (κ3) is 4.75. The van der Waals surface area contributed by atoms with E-state index in [1.54, 1.807) is 7.11 Å². The van der Waals surface area contributed by atoms with E-state index >= 15 is 0 Å². The van der Waals surface area contributed by atoms with Crippen LogP contribution in [0.1, 0.15) is 11.3 Å². The number of carbonyl (C=O) groups excluding carboxylic acids is 1. The summed E-state index contributed by atoms with van der Waals surface area (Å²) in [6.07, 6.45) is 2.60. The van der Waals surface area contributed by atoms with Crippen LogP contribution in [0.4, 0.5) is 8.78 Å². The highest BCUT2D eigenvalue weighted by atomic mass is 19.1. The lowest BCUT2D eigenvalue weighted by atomic mass is 10.1. The van der Waals surface area contributed by atoms with Crippen LogP contribution in [0, 0.1) is 11.6 Å². The fourth-order valence-electron chi connectivity index (χ4n) is 4.03. The number of hydrogen-bond acceptors (Lipinski definition) is 3. The molecule has 2 heterocycles. The third-order valence-corrected chi connectivity index (χ3v) is 5.67. The van der Waals surface area contributed by atoms with Gasteiger partial charge in [-0.2, -0.15) is 0 Å². The summed E-state index contributed by atoms with van der Waals surface area (Å²) in [5.74, 6) is -1.06. The maximum Gasteiger partial charge on any atom is 0.244 e. The number of pyridine rings is 1. The van der Waals surface area contributed by atoms with Crippen LogP contribution in [0.5, 0.6) is 5.75 Å². The standard InChI is InChI=1S/C28H21F2N3O2/c1-35-22-9-7-18(8-10-22)27-28-24(23-4-2-3-5-25(23)33-28)15-21(32-27)16-31-26(34)11-6-17-12-19(29)14-20(30)13-17/h2-15,33H,16H2,1H3,(H,31,34)/b11-6+. The lowest BCUT2D eigenvalue weighted by molar-refractivity contribution is -0.116. The van der Waals surface area contributed by atoms with Crippen molar-refractivity contribution in [2.75, 3.05) is 7.11 Å². The summed E-state index contributed by atoms with van der Waals surface area (Å²) in [5, 5.41) is 4.85. The summed E-state index contributed by atoms with van der Waals surface area (Å²) >= 11 is 0. The van der Waals surface area contributed by atoms with Crippen molar-refractivity contribution in [1.29, 1.82) is 0 Å². The van der Waals surface area contributed by atoms with E-state index in [4.69, 9.17) is 9.72 Å². The molecular weight excluding hydrogens is 448 g/mol. The quantitative estimate of drug-likeness (QED) is 0.300. The van der Waals surface area contributed by atoms with Crippen LogP contribution in [0.25, 0.3) is 39.1 Å². The smallest absolute Gasteiger partial charge is 0.244 e. The molecule has 1 amide bonds. The molecule has 0 saturated carbocycles. The molecule has 2 aromatic heterocycles. The van der Waals surface area contributed by atoms with Crippen molar-refractivity contribution in [3.05, 3.63) is 102 Å². The van der Waals surface area contributed by atoms with Gasteiger partial charge in [0.25, 0.3) is 0 Å². The molecule has 0 fully saturated rings. The Balaban J connectivity index is 1.46. The molecule has 5 nitrogen and oxygen atoms in total. The van der Waals surface area contributed by atoms with Gasteiger partial charge < -0.3 is 15.0 Å². The second kappa shape index (κ2) is 9.38. The molecule has 0 bridgehead atoms. The molecule has 35 heavy (non-hydrogen) atoms. The summed E-state index contributed by atoms with van der Waals surface area (Å²) < 4.78 is 32.0. The topological polar surface area (TPSA) is 67.0 Å². The Morgan fingerprint density at radius 2 is 1.74 bits per heavy atom. The molecule has 0 spiro atoms. The molecule has 2 N–H and O–H groups in total. The fourth-order valence-corrected chi connectivity index (χ4v) is 4.03. The number of amides is 1. The summed E-state index contributed by atoms with van der Waals surface area (Å²) in [6.45, 7) is 0.180. The first kappa shape index (κ1) is 22.3. The van der Waals surface area contributed by atoms with Gasteiger partial charge in [0.2, 0.25) is 5.91 Å². The summed E-state index contributed by atoms with van der Waals surface area (Å²) in [7, 11) is 1.62. The normalized spacial score (nSPS) is 11.4. The number of halogens is 2. The second-order valence-corrected chi connectivity index (χ2v) is 8.04. The van der Waals surface area contributed by atoms with Crippen molar-refractivity contribution in [1.82, 2.24) is 15.3 Å². The average molecular weight is 469 g/mol. The number of H-pyrrole nitrogens is 1. The molecule has 0 aliphatic heterocycles. The number of para-hydroxylation sites is 1. The lowest BCUT2D eigenvalue weighted by Gasteiger charge is -2.09. The van der Waals surface area contributed by atoms with Crippen LogP contribution in [0.2, 0.25) is 0 Å². The van der Waals surface area contributed by atoms with Crippen molar-refractivity contribution >= 4 is 33.8 Å². The highest BCUT2D eigenvalue weighted by molar-refractivity contribution is 6.11. The number of aromatic amines is 1. The van der Waals surface area contributed by atoms with Crippen LogP contribution in [0.15, 0.2) is 78.9 Å². The minimum absolute atomic E-state index is 0.180. The van der Waals surface area contributed by atoms with Gasteiger partial charge in [0.1, 0.15) is 17.4 Å². The number of aromatic nitrogens is 2. The molecule has 0 aliphatic carbocycles. The number of benzene rings is 3. The van der Waals surface area contributed by atoms with E-state index < -0.39 is 17.5 Å². The molecule has 3 aromatic carbocycles. The van der Waals surface area contributed by atoms with Crippen molar-refractivity contribution < 1.29 is 18.3 Å². The second-order valence-electron chi connectivity index (χ2n) is 8.04. The Morgan fingerprint density at radius 3 is 2.49 bits per heavy atom. The van der Waals surface area contributed by atoms with Gasteiger partial charge in [0.15, 0.2) is 0 Å². The fraction of sp³-hybridized carbons (Fsp3) is 0.0714. The average Bonchev–Trinajstić information content (AvgIpc) is 3.24. The Bertz CT molecular complexity index is 1550. The molecular formula is C28H21F2N3O2. The van der Waals surface area contributed by atoms with E-state index in [2.05, 4.69) is 10.3 Å². The van der Waals surface area contributed by atoms with Gasteiger partial charge in [-0.1, -0.05) is 18.2 Å². The van der Waals surface area contributed by atoms with Crippen LogP contribution < -0.4 is 10.1 Å². The molecule has 5 aromatic rings. The number of fused-ring (bicyclic) bond motifs is 3. The van der Waals surface area contributed by atoms with E-state index in [1.807, 2.05) is 54.6 Å². The third-order valence-electron chi connectivity index (χ3n) is 5.67. The van der Waals surface area contributed by atoms with E-state index in [0.29, 0.717) is 5.69 Å². The predicted octanol–water partition coefficient (Wildman–Crippen LogP) is 6.00. The minimum atomic E-state index is -0.702. The van der Waals surface area contributed by atoms with E-state index in [9.17, 15) is 13.6 Å². The zero-order chi connectivity index (χ0) is 24.4. The summed E-state index contributed by atoms with van der Waals surface area (Å²) in [5.41, 5.74) is 4.49. The van der Waals surface area contributed by atoms with Gasteiger partial charge in [-0.3, -0.25) is 4.79 Å². The van der Waals surface area contributed by atoms with E-state index in [-0.39, 0.29) is 12.1 Å². The Hall–Kier alpha value is -4.52. The molecule has 0 aliphatic rings. The van der Waals surface area contributed by atoms with Crippen molar-refractivity contribution in [2.45, 2.75) is 6.54 Å². The number of nitrogens with zero attached hydrogens (tertiary/aromatic N) is 1. The molecule has 5 rings (SSSR count). The van der Waals surface area contributed by atoms with Gasteiger partial charge in [-0.05, 0) is 60.2 Å². The number of ether oxygens (including phenoxy) is 1. The van der Waals surface area contributed by atoms with Crippen LogP contribution in [-0.2, 0) is 11.3 Å². The molecule has 0 unspecified atom stereocenters. The first-order chi connectivity index (χ1) is 17.0. The maximum absolute atomic E-state index is 13.4. The number of nitrogens with one attached hydrogen (secondary N) is 2. The molecule has 0 atom stereocenters. The number of rotatable bonds is 6. The summed E-state index contributed by atoms with van der Waals surface area (Å²) in [4.78, 5) is 20.7. The number of hydrogen-bond donors (Lipinski definition) is 2. The maximum atomic E-state index is 13.4. The number of methoxy groups -OCH3 is 1. The zero-order valence-corrected chi connectivity index (χ0v) is 18.8. The highest BCUT2D eigenvalue weighted by Gasteiger charge is 2.14. The SMILES string of the molecule is COc1ccc(-c2nc(CNC(=O)/C=C/c3cc(F)cc(F)c3)cc3c2[nH]c2ccccc23)cc1. The van der Waals surface area contributed by atoms with Gasteiger partial charge in [0, 0.05) is 34.0 Å². The van der Waals surface area contributed by atoms with Gasteiger partial charge in [-0.15, -0.1) is 0 Å². The largest absolute Gasteiger partial charge is 0.497 e. The molecule has 7 heteroatoms. The highest BCUT2D eigenvalue weighted by Crippen LogP contribution is 2.33.